The monoisotopic (exact) mass is 544 g/mol. The molecule has 8 nitrogen and oxygen atoms in total. The summed E-state index contributed by atoms with van der Waals surface area (Å²) in [7, 11) is -4.04. The number of nitrogens with zero attached hydrogens (tertiary/aromatic N) is 1. The predicted octanol–water partition coefficient (Wildman–Crippen LogP) is 5.32. The van der Waals surface area contributed by atoms with E-state index in [0.717, 1.165) is 9.87 Å². The van der Waals surface area contributed by atoms with Crippen LogP contribution in [0.5, 0.6) is 23.0 Å². The first kappa shape index (κ1) is 26.1. The number of sulfonamides is 1. The molecule has 1 unspecified atom stereocenters. The molecule has 0 saturated heterocycles. The first-order valence-corrected chi connectivity index (χ1v) is 13.9. The smallest absolute Gasteiger partial charge is 0.264 e. The summed E-state index contributed by atoms with van der Waals surface area (Å²) < 4.78 is 45.4. The van der Waals surface area contributed by atoms with Gasteiger partial charge in [-0.1, -0.05) is 42.5 Å². The van der Waals surface area contributed by atoms with E-state index in [1.807, 2.05) is 49.4 Å². The van der Waals surface area contributed by atoms with Gasteiger partial charge in [-0.3, -0.25) is 9.10 Å². The maximum absolute atomic E-state index is 13.6. The number of para-hydroxylation sites is 1. The molecular weight excluding hydrogens is 516 g/mol. The van der Waals surface area contributed by atoms with Crippen molar-refractivity contribution in [1.29, 1.82) is 0 Å². The van der Waals surface area contributed by atoms with E-state index in [1.54, 1.807) is 48.5 Å². The Morgan fingerprint density at radius 2 is 1.46 bits per heavy atom. The number of carbonyl (C=O) groups excluding carboxylic acids is 1. The van der Waals surface area contributed by atoms with Gasteiger partial charge >= 0.3 is 0 Å². The lowest BCUT2D eigenvalue weighted by Crippen LogP contribution is -2.41. The van der Waals surface area contributed by atoms with E-state index in [4.69, 9.17) is 14.2 Å². The topological polar surface area (TPSA) is 94.2 Å². The molecule has 5 rings (SSSR count). The van der Waals surface area contributed by atoms with Crippen LogP contribution in [0.2, 0.25) is 0 Å². The average molecular weight is 545 g/mol. The van der Waals surface area contributed by atoms with Crippen LogP contribution in [0, 0.1) is 0 Å². The second-order valence-corrected chi connectivity index (χ2v) is 10.8. The molecule has 0 bridgehead atoms. The van der Waals surface area contributed by atoms with Crippen molar-refractivity contribution in [2.75, 3.05) is 24.1 Å². The number of hydrogen-bond donors (Lipinski definition) is 1. The van der Waals surface area contributed by atoms with Crippen molar-refractivity contribution in [3.8, 4) is 23.0 Å². The zero-order valence-corrected chi connectivity index (χ0v) is 22.1. The number of nitrogens with one attached hydrogen (secondary N) is 1. The number of carbonyl (C=O) groups is 1. The predicted molar refractivity (Wildman–Crippen MR) is 148 cm³/mol. The van der Waals surface area contributed by atoms with Crippen molar-refractivity contribution in [1.82, 2.24) is 5.32 Å². The fourth-order valence-corrected chi connectivity index (χ4v) is 5.61. The van der Waals surface area contributed by atoms with Crippen molar-refractivity contribution in [3.63, 3.8) is 0 Å². The van der Waals surface area contributed by atoms with Gasteiger partial charge in [0.2, 0.25) is 5.91 Å². The van der Waals surface area contributed by atoms with E-state index in [2.05, 4.69) is 5.32 Å². The number of anilines is 1. The second kappa shape index (κ2) is 11.5. The minimum Gasteiger partial charge on any atom is -0.486 e. The molecule has 0 aromatic heterocycles. The van der Waals surface area contributed by atoms with Gasteiger partial charge in [-0.2, -0.15) is 0 Å². The van der Waals surface area contributed by atoms with Crippen LogP contribution >= 0.6 is 0 Å². The number of rotatable bonds is 9. The number of benzene rings is 4. The lowest BCUT2D eigenvalue weighted by atomic mass is 10.1. The largest absolute Gasteiger partial charge is 0.486 e. The lowest BCUT2D eigenvalue weighted by Gasteiger charge is -2.25. The standard InChI is InChI=1S/C30H28N2O6S/c1-22(23-12-17-28-29(20-23)37-19-18-36-28)31-30(33)21-32(39(34,35)27-10-6-3-7-11-27)24-13-15-26(16-14-24)38-25-8-4-2-5-9-25/h2-17,20,22H,18-19,21H2,1H3,(H,31,33). The van der Waals surface area contributed by atoms with E-state index >= 15 is 0 Å². The van der Waals surface area contributed by atoms with Crippen LogP contribution in [-0.2, 0) is 14.8 Å². The van der Waals surface area contributed by atoms with Gasteiger partial charge in [-0.25, -0.2) is 8.42 Å². The molecule has 0 saturated carbocycles. The maximum Gasteiger partial charge on any atom is 0.264 e. The van der Waals surface area contributed by atoms with Gasteiger partial charge in [0.15, 0.2) is 11.5 Å². The van der Waals surface area contributed by atoms with E-state index in [-0.39, 0.29) is 4.90 Å². The fourth-order valence-electron chi connectivity index (χ4n) is 4.17. The van der Waals surface area contributed by atoms with Gasteiger partial charge in [-0.05, 0) is 73.2 Å². The summed E-state index contributed by atoms with van der Waals surface area (Å²) in [5, 5.41) is 2.90. The highest BCUT2D eigenvalue weighted by molar-refractivity contribution is 7.92. The van der Waals surface area contributed by atoms with Crippen molar-refractivity contribution in [2.24, 2.45) is 0 Å². The molecule has 1 N–H and O–H groups in total. The Labute approximate surface area is 227 Å². The normalized spacial score (nSPS) is 13.3. The Bertz CT molecular complexity index is 1530. The van der Waals surface area contributed by atoms with E-state index in [1.165, 1.54) is 12.1 Å². The molecule has 1 heterocycles. The quantitative estimate of drug-likeness (QED) is 0.306. The molecule has 0 aliphatic carbocycles. The van der Waals surface area contributed by atoms with Crippen molar-refractivity contribution in [3.05, 3.63) is 109 Å². The van der Waals surface area contributed by atoms with Gasteiger partial charge in [0.05, 0.1) is 16.6 Å². The summed E-state index contributed by atoms with van der Waals surface area (Å²) in [5.41, 5.74) is 1.15. The highest BCUT2D eigenvalue weighted by Gasteiger charge is 2.28. The van der Waals surface area contributed by atoms with E-state index in [9.17, 15) is 13.2 Å². The average Bonchev–Trinajstić information content (AvgIpc) is 2.97. The van der Waals surface area contributed by atoms with Crippen molar-refractivity contribution < 1.29 is 27.4 Å². The van der Waals surface area contributed by atoms with Crippen LogP contribution in [0.4, 0.5) is 5.69 Å². The molecule has 0 spiro atoms. The number of amides is 1. The van der Waals surface area contributed by atoms with Crippen LogP contribution in [0.15, 0.2) is 108 Å². The summed E-state index contributed by atoms with van der Waals surface area (Å²) in [5.74, 6) is 2.01. The van der Waals surface area contributed by atoms with Gasteiger partial charge in [0.1, 0.15) is 31.3 Å². The van der Waals surface area contributed by atoms with Gasteiger partial charge in [0, 0.05) is 0 Å². The molecule has 1 aliphatic rings. The highest BCUT2D eigenvalue weighted by atomic mass is 32.2. The summed E-state index contributed by atoms with van der Waals surface area (Å²) in [6.07, 6.45) is 0. The Hall–Kier alpha value is -4.50. The molecular formula is C30H28N2O6S. The molecule has 4 aromatic rings. The third-order valence-corrected chi connectivity index (χ3v) is 7.95. The number of hydrogen-bond acceptors (Lipinski definition) is 6. The van der Waals surface area contributed by atoms with Crippen LogP contribution in [-0.4, -0.2) is 34.1 Å². The number of fused-ring (bicyclic) bond motifs is 1. The zero-order valence-electron chi connectivity index (χ0n) is 21.3. The van der Waals surface area contributed by atoms with Gasteiger partial charge in [0.25, 0.3) is 10.0 Å². The maximum atomic E-state index is 13.6. The molecule has 39 heavy (non-hydrogen) atoms. The minimum atomic E-state index is -4.04. The fraction of sp³-hybridized carbons (Fsp3) is 0.167. The van der Waals surface area contributed by atoms with Gasteiger partial charge in [-0.15, -0.1) is 0 Å². The summed E-state index contributed by atoms with van der Waals surface area (Å²) in [6.45, 7) is 2.36. The Balaban J connectivity index is 1.36. The highest BCUT2D eigenvalue weighted by Crippen LogP contribution is 2.33. The van der Waals surface area contributed by atoms with Crippen LogP contribution in [0.1, 0.15) is 18.5 Å². The Morgan fingerprint density at radius 3 is 2.15 bits per heavy atom. The second-order valence-electron chi connectivity index (χ2n) is 8.93. The minimum absolute atomic E-state index is 0.0855. The third kappa shape index (κ3) is 6.15. The molecule has 4 aromatic carbocycles. The van der Waals surface area contributed by atoms with Crippen molar-refractivity contribution >= 4 is 21.6 Å². The molecule has 1 amide bonds. The van der Waals surface area contributed by atoms with Crippen molar-refractivity contribution in [2.45, 2.75) is 17.9 Å². The molecule has 1 aliphatic heterocycles. The lowest BCUT2D eigenvalue weighted by molar-refractivity contribution is -0.120. The van der Waals surface area contributed by atoms with E-state index < -0.39 is 28.5 Å². The summed E-state index contributed by atoms with van der Waals surface area (Å²) in [6, 6.07) is 29.0. The summed E-state index contributed by atoms with van der Waals surface area (Å²) in [4.78, 5) is 13.3. The van der Waals surface area contributed by atoms with Gasteiger partial charge < -0.3 is 19.5 Å². The third-order valence-electron chi connectivity index (χ3n) is 6.17. The molecule has 200 valence electrons. The first-order valence-electron chi connectivity index (χ1n) is 12.5. The van der Waals surface area contributed by atoms with Crippen LogP contribution < -0.4 is 23.8 Å². The summed E-state index contributed by atoms with van der Waals surface area (Å²) >= 11 is 0. The number of ether oxygens (including phenoxy) is 3. The molecule has 0 fully saturated rings. The van der Waals surface area contributed by atoms with E-state index in [0.29, 0.717) is 41.9 Å². The molecule has 0 radical (unpaired) electrons. The van der Waals surface area contributed by atoms with Crippen LogP contribution in [0.25, 0.3) is 0 Å². The molecule has 1 atom stereocenters. The van der Waals surface area contributed by atoms with Crippen LogP contribution in [0.3, 0.4) is 0 Å². The first-order chi connectivity index (χ1) is 18.9. The zero-order chi connectivity index (χ0) is 27.2. The Morgan fingerprint density at radius 1 is 0.846 bits per heavy atom. The SMILES string of the molecule is CC(NC(=O)CN(c1ccc(Oc2ccccc2)cc1)S(=O)(=O)c1ccccc1)c1ccc2c(c1)OCCO2. The molecule has 9 heteroatoms. The Kier molecular flexibility index (Phi) is 7.69.